The Kier molecular flexibility index (Phi) is 4.08. The number of benzene rings is 2. The van der Waals surface area contributed by atoms with Gasteiger partial charge < -0.3 is 4.74 Å². The van der Waals surface area contributed by atoms with E-state index in [1.807, 2.05) is 0 Å². The van der Waals surface area contributed by atoms with Crippen molar-refractivity contribution in [1.82, 2.24) is 0 Å². The first kappa shape index (κ1) is 13.8. The molecule has 19 heavy (non-hydrogen) atoms. The highest BCUT2D eigenvalue weighted by atomic mass is 35.5. The molecule has 2 rings (SSSR count). The molecule has 0 N–H and O–H groups in total. The summed E-state index contributed by atoms with van der Waals surface area (Å²) in [6.07, 6.45) is 0. The molecule has 0 saturated carbocycles. The molecule has 5 heteroatoms. The quantitative estimate of drug-likeness (QED) is 0.599. The summed E-state index contributed by atoms with van der Waals surface area (Å²) in [5.74, 6) is -1.01. The monoisotopic (exact) mass is 298 g/mol. The molecule has 0 atom stereocenters. The zero-order valence-electron chi connectivity index (χ0n) is 9.91. The smallest absolute Gasteiger partial charge is 0.337 e. The third kappa shape index (κ3) is 2.88. The molecule has 0 spiro atoms. The largest absolute Gasteiger partial charge is 0.465 e. The molecule has 0 saturated heterocycles. The molecular weight excluding hydrogens is 290 g/mol. The summed E-state index contributed by atoms with van der Waals surface area (Å²) in [5.41, 5.74) is 1.74. The van der Waals surface area contributed by atoms with Gasteiger partial charge in [0.1, 0.15) is 5.82 Å². The first-order valence-electron chi connectivity index (χ1n) is 5.36. The second-order valence-electron chi connectivity index (χ2n) is 3.82. The maximum atomic E-state index is 13.5. The Bertz CT molecular complexity index is 601. The van der Waals surface area contributed by atoms with Crippen LogP contribution in [-0.2, 0) is 4.74 Å². The van der Waals surface area contributed by atoms with Gasteiger partial charge in [0, 0.05) is 0 Å². The molecular formula is C14H9Cl2FO2. The zero-order valence-corrected chi connectivity index (χ0v) is 11.4. The number of ether oxygens (including phenoxy) is 1. The van der Waals surface area contributed by atoms with Crippen LogP contribution in [0.3, 0.4) is 0 Å². The van der Waals surface area contributed by atoms with Crippen LogP contribution >= 0.6 is 23.2 Å². The number of carbonyl (C=O) groups is 1. The van der Waals surface area contributed by atoms with E-state index in [2.05, 4.69) is 4.74 Å². The van der Waals surface area contributed by atoms with Gasteiger partial charge in [0.25, 0.3) is 0 Å². The predicted molar refractivity (Wildman–Crippen MR) is 73.2 cm³/mol. The van der Waals surface area contributed by atoms with Crippen LogP contribution in [0.2, 0.25) is 10.0 Å². The first-order chi connectivity index (χ1) is 9.02. The molecule has 0 aliphatic heterocycles. The number of methoxy groups -OCH3 is 1. The van der Waals surface area contributed by atoms with Crippen LogP contribution in [0, 0.1) is 5.82 Å². The van der Waals surface area contributed by atoms with Crippen molar-refractivity contribution < 1.29 is 13.9 Å². The van der Waals surface area contributed by atoms with Crippen LogP contribution in [0.5, 0.6) is 0 Å². The Morgan fingerprint density at radius 2 is 1.74 bits per heavy atom. The average Bonchev–Trinajstić information content (AvgIpc) is 2.43. The number of halogens is 3. The Morgan fingerprint density at radius 1 is 1.11 bits per heavy atom. The highest BCUT2D eigenvalue weighted by Crippen LogP contribution is 2.31. The molecule has 2 aromatic rings. The Balaban J connectivity index is 2.40. The lowest BCUT2D eigenvalue weighted by Crippen LogP contribution is -2.00. The summed E-state index contributed by atoms with van der Waals surface area (Å²) in [6.45, 7) is 0. The van der Waals surface area contributed by atoms with E-state index < -0.39 is 11.8 Å². The minimum absolute atomic E-state index is 0.100. The number of hydrogen-bond acceptors (Lipinski definition) is 2. The second kappa shape index (κ2) is 5.59. The Morgan fingerprint density at radius 3 is 2.26 bits per heavy atom. The summed E-state index contributed by atoms with van der Waals surface area (Å²) in [6, 6.07) is 9.43. The summed E-state index contributed by atoms with van der Waals surface area (Å²) in [5, 5.41) is 0.0466. The van der Waals surface area contributed by atoms with Crippen LogP contribution in [-0.4, -0.2) is 13.1 Å². The second-order valence-corrected chi connectivity index (χ2v) is 4.61. The van der Waals surface area contributed by atoms with Crippen molar-refractivity contribution in [2.45, 2.75) is 0 Å². The van der Waals surface area contributed by atoms with Gasteiger partial charge in [-0.1, -0.05) is 35.3 Å². The molecule has 0 radical (unpaired) electrons. The molecule has 0 bridgehead atoms. The van der Waals surface area contributed by atoms with Crippen molar-refractivity contribution in [3.05, 3.63) is 57.8 Å². The lowest BCUT2D eigenvalue weighted by Gasteiger charge is -2.06. The predicted octanol–water partition coefficient (Wildman–Crippen LogP) is 4.59. The van der Waals surface area contributed by atoms with E-state index in [4.69, 9.17) is 23.2 Å². The van der Waals surface area contributed by atoms with Crippen molar-refractivity contribution in [3.8, 4) is 11.1 Å². The maximum Gasteiger partial charge on any atom is 0.337 e. The fraction of sp³-hybridized carbons (Fsp3) is 0.0714. The fourth-order valence-electron chi connectivity index (χ4n) is 1.64. The van der Waals surface area contributed by atoms with Crippen molar-refractivity contribution in [1.29, 1.82) is 0 Å². The summed E-state index contributed by atoms with van der Waals surface area (Å²) >= 11 is 11.5. The molecule has 0 aromatic heterocycles. The highest BCUT2D eigenvalue weighted by Gasteiger charge is 2.10. The molecule has 0 heterocycles. The molecule has 0 aliphatic rings. The lowest BCUT2D eigenvalue weighted by molar-refractivity contribution is 0.0601. The van der Waals surface area contributed by atoms with Crippen LogP contribution in [0.15, 0.2) is 36.4 Å². The van der Waals surface area contributed by atoms with E-state index in [0.717, 1.165) is 5.56 Å². The Labute approximate surface area is 119 Å². The van der Waals surface area contributed by atoms with E-state index in [1.165, 1.54) is 13.2 Å². The van der Waals surface area contributed by atoms with Gasteiger partial charge in [-0.15, -0.1) is 0 Å². The molecule has 2 nitrogen and oxygen atoms in total. The molecule has 0 fully saturated rings. The van der Waals surface area contributed by atoms with Gasteiger partial charge in [0.15, 0.2) is 0 Å². The van der Waals surface area contributed by atoms with Crippen LogP contribution in [0.4, 0.5) is 4.39 Å². The van der Waals surface area contributed by atoms with Gasteiger partial charge in [-0.25, -0.2) is 9.18 Å². The van der Waals surface area contributed by atoms with Crippen molar-refractivity contribution >= 4 is 29.2 Å². The van der Waals surface area contributed by atoms with Crippen LogP contribution in [0.25, 0.3) is 11.1 Å². The topological polar surface area (TPSA) is 26.3 Å². The molecule has 2 aromatic carbocycles. The van der Waals surface area contributed by atoms with Gasteiger partial charge in [0.2, 0.25) is 0 Å². The third-order valence-corrected chi connectivity index (χ3v) is 3.40. The Hall–Kier alpha value is -1.58. The minimum Gasteiger partial charge on any atom is -0.465 e. The molecule has 0 aliphatic carbocycles. The molecule has 98 valence electrons. The highest BCUT2D eigenvalue weighted by molar-refractivity contribution is 6.42. The number of rotatable bonds is 2. The van der Waals surface area contributed by atoms with Crippen LogP contribution in [0.1, 0.15) is 10.4 Å². The fourth-order valence-corrected chi connectivity index (χ4v) is 1.96. The van der Waals surface area contributed by atoms with E-state index in [-0.39, 0.29) is 10.0 Å². The normalized spacial score (nSPS) is 10.3. The third-order valence-electron chi connectivity index (χ3n) is 2.62. The minimum atomic E-state index is -0.582. The average molecular weight is 299 g/mol. The molecule has 0 amide bonds. The number of esters is 1. The van der Waals surface area contributed by atoms with E-state index in [1.54, 1.807) is 30.3 Å². The van der Waals surface area contributed by atoms with Gasteiger partial charge in [-0.2, -0.15) is 0 Å². The van der Waals surface area contributed by atoms with Crippen molar-refractivity contribution in [2.75, 3.05) is 7.11 Å². The van der Waals surface area contributed by atoms with Gasteiger partial charge >= 0.3 is 5.97 Å². The standard InChI is InChI=1S/C14H9Cl2FO2/c1-19-14(18)9-4-2-8(3-5-9)10-6-11(15)13(16)12(17)7-10/h2-7H,1H3. The SMILES string of the molecule is COC(=O)c1ccc(-c2cc(F)c(Cl)c(Cl)c2)cc1. The summed E-state index contributed by atoms with van der Waals surface area (Å²) in [4.78, 5) is 11.3. The van der Waals surface area contributed by atoms with Gasteiger partial charge in [-0.3, -0.25) is 0 Å². The van der Waals surface area contributed by atoms with Crippen molar-refractivity contribution in [2.24, 2.45) is 0 Å². The first-order valence-corrected chi connectivity index (χ1v) is 6.12. The van der Waals surface area contributed by atoms with Gasteiger partial charge in [-0.05, 0) is 35.4 Å². The lowest BCUT2D eigenvalue weighted by atomic mass is 10.0. The summed E-state index contributed by atoms with van der Waals surface area (Å²) in [7, 11) is 1.31. The van der Waals surface area contributed by atoms with E-state index in [0.29, 0.717) is 11.1 Å². The number of hydrogen-bond donors (Lipinski definition) is 0. The van der Waals surface area contributed by atoms with Crippen LogP contribution < -0.4 is 0 Å². The number of carbonyl (C=O) groups excluding carboxylic acids is 1. The van der Waals surface area contributed by atoms with Gasteiger partial charge in [0.05, 0.1) is 22.7 Å². The molecule has 0 unspecified atom stereocenters. The maximum absolute atomic E-state index is 13.5. The van der Waals surface area contributed by atoms with E-state index >= 15 is 0 Å². The van der Waals surface area contributed by atoms with E-state index in [9.17, 15) is 9.18 Å². The van der Waals surface area contributed by atoms with Crippen molar-refractivity contribution in [3.63, 3.8) is 0 Å². The summed E-state index contributed by atoms with van der Waals surface area (Å²) < 4.78 is 18.1. The zero-order chi connectivity index (χ0) is 14.0.